The lowest BCUT2D eigenvalue weighted by Gasteiger charge is -2.36. The van der Waals surface area contributed by atoms with Crippen LogP contribution >= 0.6 is 0 Å². The van der Waals surface area contributed by atoms with Gasteiger partial charge in [-0.3, -0.25) is 14.4 Å². The molecular weight excluding hydrogens is 580 g/mol. The molecule has 0 saturated carbocycles. The Morgan fingerprint density at radius 1 is 0.978 bits per heavy atom. The van der Waals surface area contributed by atoms with Crippen molar-refractivity contribution in [2.45, 2.75) is 64.0 Å². The number of ether oxygens (including phenoxy) is 2. The van der Waals surface area contributed by atoms with Gasteiger partial charge in [0.2, 0.25) is 11.7 Å². The SMILES string of the molecule is CCCCCOC(=O)N1CCN(C(=O)[C@H](CCC(=O)O)NC(=O)c2nc(-c3ccccc3)cc(N3CCC(OC)CC3)n2)CC1. The molecule has 13 heteroatoms. The third-order valence-corrected chi connectivity index (χ3v) is 8.16. The van der Waals surface area contributed by atoms with E-state index in [0.29, 0.717) is 31.2 Å². The molecule has 3 amide bonds. The largest absolute Gasteiger partial charge is 0.481 e. The van der Waals surface area contributed by atoms with Gasteiger partial charge in [0.25, 0.3) is 5.91 Å². The summed E-state index contributed by atoms with van der Waals surface area (Å²) in [5.41, 5.74) is 1.37. The molecule has 4 rings (SSSR count). The van der Waals surface area contributed by atoms with E-state index in [1.54, 1.807) is 16.9 Å². The van der Waals surface area contributed by atoms with E-state index in [1.807, 2.05) is 36.4 Å². The second-order valence-electron chi connectivity index (χ2n) is 11.3. The Morgan fingerprint density at radius 2 is 1.67 bits per heavy atom. The minimum absolute atomic E-state index is 0.102. The number of nitrogens with one attached hydrogen (secondary N) is 1. The third-order valence-electron chi connectivity index (χ3n) is 8.16. The quantitative estimate of drug-likeness (QED) is 0.318. The van der Waals surface area contributed by atoms with Crippen LogP contribution in [0, 0.1) is 0 Å². The van der Waals surface area contributed by atoms with E-state index in [-0.39, 0.29) is 50.9 Å². The fourth-order valence-corrected chi connectivity index (χ4v) is 5.46. The van der Waals surface area contributed by atoms with Gasteiger partial charge in [0.15, 0.2) is 0 Å². The first-order valence-electron chi connectivity index (χ1n) is 15.7. The van der Waals surface area contributed by atoms with Gasteiger partial charge in [-0.15, -0.1) is 0 Å². The van der Waals surface area contributed by atoms with Gasteiger partial charge in [-0.1, -0.05) is 50.1 Å². The second-order valence-corrected chi connectivity index (χ2v) is 11.3. The molecule has 45 heavy (non-hydrogen) atoms. The second kappa shape index (κ2) is 16.7. The number of benzene rings is 1. The smallest absolute Gasteiger partial charge is 0.409 e. The number of carboxylic acids is 1. The Labute approximate surface area is 263 Å². The molecule has 13 nitrogen and oxygen atoms in total. The molecule has 2 N–H and O–H groups in total. The van der Waals surface area contributed by atoms with Gasteiger partial charge in [-0.05, 0) is 25.7 Å². The maximum Gasteiger partial charge on any atom is 0.409 e. The van der Waals surface area contributed by atoms with Crippen LogP contribution in [0.2, 0.25) is 0 Å². The van der Waals surface area contributed by atoms with Crippen molar-refractivity contribution in [1.29, 1.82) is 0 Å². The minimum Gasteiger partial charge on any atom is -0.481 e. The number of aliphatic carboxylic acids is 1. The maximum atomic E-state index is 13.6. The Balaban J connectivity index is 1.48. The van der Waals surface area contributed by atoms with Crippen molar-refractivity contribution in [2.75, 3.05) is 57.9 Å². The Bertz CT molecular complexity index is 1290. The number of carbonyl (C=O) groups is 4. The lowest BCUT2D eigenvalue weighted by molar-refractivity contribution is -0.138. The first-order chi connectivity index (χ1) is 21.8. The fourth-order valence-electron chi connectivity index (χ4n) is 5.46. The Hall–Kier alpha value is -4.26. The lowest BCUT2D eigenvalue weighted by atomic mass is 10.1. The average Bonchev–Trinajstić information content (AvgIpc) is 3.08. The van der Waals surface area contributed by atoms with Crippen molar-refractivity contribution < 1.29 is 33.8 Å². The van der Waals surface area contributed by atoms with E-state index in [4.69, 9.17) is 9.47 Å². The molecule has 1 aromatic carbocycles. The molecular formula is C32H44N6O7. The van der Waals surface area contributed by atoms with Crippen molar-refractivity contribution in [2.24, 2.45) is 0 Å². The highest BCUT2D eigenvalue weighted by Crippen LogP contribution is 2.25. The highest BCUT2D eigenvalue weighted by atomic mass is 16.6. The highest BCUT2D eigenvalue weighted by Gasteiger charge is 2.32. The van der Waals surface area contributed by atoms with Gasteiger partial charge in [-0.25, -0.2) is 14.8 Å². The number of unbranched alkanes of at least 4 members (excludes halogenated alkanes) is 2. The van der Waals surface area contributed by atoms with E-state index in [1.165, 1.54) is 0 Å². The van der Waals surface area contributed by atoms with Crippen LogP contribution in [0.5, 0.6) is 0 Å². The normalized spacial score (nSPS) is 16.3. The lowest BCUT2D eigenvalue weighted by Crippen LogP contribution is -2.56. The number of nitrogens with zero attached hydrogens (tertiary/aromatic N) is 5. The maximum absolute atomic E-state index is 13.6. The number of anilines is 1. The summed E-state index contributed by atoms with van der Waals surface area (Å²) in [4.78, 5) is 65.4. The Morgan fingerprint density at radius 3 is 2.31 bits per heavy atom. The van der Waals surface area contributed by atoms with Crippen LogP contribution in [0.25, 0.3) is 11.3 Å². The van der Waals surface area contributed by atoms with Crippen LogP contribution in [-0.4, -0.2) is 114 Å². The summed E-state index contributed by atoms with van der Waals surface area (Å²) in [6, 6.07) is 10.2. The summed E-state index contributed by atoms with van der Waals surface area (Å²) in [5, 5.41) is 12.1. The van der Waals surface area contributed by atoms with E-state index in [0.717, 1.165) is 37.7 Å². The predicted molar refractivity (Wildman–Crippen MR) is 167 cm³/mol. The van der Waals surface area contributed by atoms with Crippen molar-refractivity contribution in [3.05, 3.63) is 42.2 Å². The third kappa shape index (κ3) is 9.61. The van der Waals surface area contributed by atoms with Crippen molar-refractivity contribution in [1.82, 2.24) is 25.1 Å². The zero-order valence-electron chi connectivity index (χ0n) is 26.2. The summed E-state index contributed by atoms with van der Waals surface area (Å²) in [5.74, 6) is -1.68. The molecule has 2 fully saturated rings. The summed E-state index contributed by atoms with van der Waals surface area (Å²) in [7, 11) is 1.70. The fraction of sp³-hybridized carbons (Fsp3) is 0.562. The summed E-state index contributed by atoms with van der Waals surface area (Å²) in [6.07, 6.45) is 3.78. The molecule has 0 aliphatic carbocycles. The number of rotatable bonds is 13. The van der Waals surface area contributed by atoms with E-state index in [9.17, 15) is 24.3 Å². The number of aromatic nitrogens is 2. The van der Waals surface area contributed by atoms with Crippen molar-refractivity contribution in [3.63, 3.8) is 0 Å². The van der Waals surface area contributed by atoms with Crippen LogP contribution in [0.1, 0.15) is 62.5 Å². The zero-order valence-corrected chi connectivity index (χ0v) is 26.2. The van der Waals surface area contributed by atoms with Crippen molar-refractivity contribution in [3.8, 4) is 11.3 Å². The Kier molecular flexibility index (Phi) is 12.5. The number of piperazine rings is 1. The molecule has 0 unspecified atom stereocenters. The van der Waals surface area contributed by atoms with Crippen LogP contribution < -0.4 is 10.2 Å². The van der Waals surface area contributed by atoms with Gasteiger partial charge in [0, 0.05) is 64.4 Å². The summed E-state index contributed by atoms with van der Waals surface area (Å²) in [6.45, 7) is 4.87. The monoisotopic (exact) mass is 624 g/mol. The number of methoxy groups -OCH3 is 1. The zero-order chi connectivity index (χ0) is 32.2. The van der Waals surface area contributed by atoms with Gasteiger partial charge < -0.3 is 34.6 Å². The first kappa shape index (κ1) is 33.6. The number of amides is 3. The predicted octanol–water partition coefficient (Wildman–Crippen LogP) is 3.19. The number of piperidine rings is 1. The van der Waals surface area contributed by atoms with Crippen LogP contribution in [0.4, 0.5) is 10.6 Å². The summed E-state index contributed by atoms with van der Waals surface area (Å²) < 4.78 is 10.8. The molecule has 1 aromatic heterocycles. The molecule has 0 radical (unpaired) electrons. The number of carboxylic acid groups (broad SMARTS) is 1. The number of carbonyl (C=O) groups excluding carboxylic acids is 3. The number of hydrogen-bond acceptors (Lipinski definition) is 9. The highest BCUT2D eigenvalue weighted by molar-refractivity contribution is 5.95. The number of hydrogen-bond donors (Lipinski definition) is 2. The van der Waals surface area contributed by atoms with Gasteiger partial charge in [-0.2, -0.15) is 0 Å². The standard InChI is InChI=1S/C32H44N6O7/c1-3-4-8-21-45-32(43)38-19-17-37(18-20-38)31(42)25(11-12-28(39)40)34-30(41)29-33-26(23-9-6-5-7-10-23)22-27(35-29)36-15-13-24(44-2)14-16-36/h5-7,9-10,22,24-25H,3-4,8,11-21H2,1-2H3,(H,34,41)(H,39,40)/t25-/m0/s1. The van der Waals surface area contributed by atoms with Gasteiger partial charge in [0.05, 0.1) is 18.4 Å². The molecule has 0 bridgehead atoms. The molecule has 2 aliphatic heterocycles. The van der Waals surface area contributed by atoms with Crippen LogP contribution in [0.3, 0.4) is 0 Å². The minimum atomic E-state index is -1.11. The topological polar surface area (TPSA) is 154 Å². The van der Waals surface area contributed by atoms with Crippen LogP contribution in [0.15, 0.2) is 36.4 Å². The summed E-state index contributed by atoms with van der Waals surface area (Å²) >= 11 is 0. The van der Waals surface area contributed by atoms with E-state index in [2.05, 4.69) is 27.1 Å². The average molecular weight is 625 g/mol. The molecule has 3 heterocycles. The first-order valence-corrected chi connectivity index (χ1v) is 15.7. The molecule has 2 aliphatic rings. The van der Waals surface area contributed by atoms with Gasteiger partial charge in [0.1, 0.15) is 11.9 Å². The molecule has 1 atom stereocenters. The molecule has 2 aromatic rings. The van der Waals surface area contributed by atoms with Crippen molar-refractivity contribution >= 4 is 29.7 Å². The van der Waals surface area contributed by atoms with Crippen LogP contribution in [-0.2, 0) is 19.1 Å². The van der Waals surface area contributed by atoms with E-state index < -0.39 is 29.9 Å². The molecule has 0 spiro atoms. The molecule has 244 valence electrons. The van der Waals surface area contributed by atoms with E-state index >= 15 is 0 Å². The van der Waals surface area contributed by atoms with Gasteiger partial charge >= 0.3 is 12.1 Å². The molecule has 2 saturated heterocycles.